The molecule has 0 aliphatic carbocycles. The number of likely N-dealkylation sites (N-methyl/N-ethyl adjacent to an activating group) is 1. The quantitative estimate of drug-likeness (QED) is 0.754. The van der Waals surface area contributed by atoms with Crippen LogP contribution in [-0.4, -0.2) is 60.1 Å². The van der Waals surface area contributed by atoms with E-state index in [0.29, 0.717) is 6.54 Å². The van der Waals surface area contributed by atoms with Crippen molar-refractivity contribution in [1.82, 2.24) is 19.8 Å². The van der Waals surface area contributed by atoms with Crippen LogP contribution in [0.5, 0.6) is 0 Å². The van der Waals surface area contributed by atoms with Crippen LogP contribution in [0, 0.1) is 0 Å². The first-order chi connectivity index (χ1) is 8.20. The minimum absolute atomic E-state index is 0.0791. The summed E-state index contributed by atoms with van der Waals surface area (Å²) in [6.07, 6.45) is 3.76. The Morgan fingerprint density at radius 3 is 2.65 bits per heavy atom. The first-order valence-electron chi connectivity index (χ1n) is 5.86. The monoisotopic (exact) mass is 237 g/mol. The van der Waals surface area contributed by atoms with Crippen LogP contribution >= 0.6 is 0 Å². The second-order valence-electron chi connectivity index (χ2n) is 4.27. The number of imidazole rings is 1. The lowest BCUT2D eigenvalue weighted by atomic mass is 10.3. The van der Waals surface area contributed by atoms with Crippen molar-refractivity contribution < 1.29 is 4.79 Å². The van der Waals surface area contributed by atoms with Gasteiger partial charge in [-0.2, -0.15) is 0 Å². The third-order valence-corrected chi connectivity index (χ3v) is 3.10. The number of carbonyl (C=O) groups is 1. The van der Waals surface area contributed by atoms with Gasteiger partial charge in [0.15, 0.2) is 0 Å². The average Bonchev–Trinajstić information content (AvgIpc) is 2.76. The third-order valence-electron chi connectivity index (χ3n) is 3.10. The van der Waals surface area contributed by atoms with Crippen LogP contribution in [0.4, 0.5) is 5.95 Å². The molecule has 6 heteroatoms. The molecule has 1 fully saturated rings. The van der Waals surface area contributed by atoms with E-state index >= 15 is 0 Å². The summed E-state index contributed by atoms with van der Waals surface area (Å²) in [4.78, 5) is 20.0. The Bertz CT molecular complexity index is 381. The van der Waals surface area contributed by atoms with Crippen LogP contribution in [0.1, 0.15) is 0 Å². The summed E-state index contributed by atoms with van der Waals surface area (Å²) in [7, 11) is 3.67. The largest absolute Gasteiger partial charge is 0.358 e. The van der Waals surface area contributed by atoms with Crippen LogP contribution in [0.25, 0.3) is 0 Å². The van der Waals surface area contributed by atoms with Crippen molar-refractivity contribution in [3.63, 3.8) is 0 Å². The molecule has 17 heavy (non-hydrogen) atoms. The summed E-state index contributed by atoms with van der Waals surface area (Å²) in [6, 6.07) is 0. The van der Waals surface area contributed by atoms with Crippen molar-refractivity contribution in [2.24, 2.45) is 7.05 Å². The first-order valence-corrected chi connectivity index (χ1v) is 5.86. The molecule has 1 aromatic heterocycles. The molecule has 0 radical (unpaired) electrons. The number of aryl methyl sites for hydroxylation is 1. The fourth-order valence-corrected chi connectivity index (χ4v) is 2.05. The Hall–Kier alpha value is -1.56. The van der Waals surface area contributed by atoms with Gasteiger partial charge in [-0.25, -0.2) is 4.98 Å². The number of rotatable bonds is 3. The number of nitrogens with zero attached hydrogens (tertiary/aromatic N) is 4. The third kappa shape index (κ3) is 2.76. The Balaban J connectivity index is 1.86. The molecule has 0 bridgehead atoms. The lowest BCUT2D eigenvalue weighted by molar-refractivity contribution is -0.121. The molecule has 1 aromatic rings. The lowest BCUT2D eigenvalue weighted by Crippen LogP contribution is -2.49. The highest BCUT2D eigenvalue weighted by Crippen LogP contribution is 2.12. The number of piperazine rings is 1. The van der Waals surface area contributed by atoms with E-state index in [1.807, 2.05) is 24.0 Å². The van der Waals surface area contributed by atoms with E-state index in [-0.39, 0.29) is 5.91 Å². The molecule has 1 aliphatic heterocycles. The lowest BCUT2D eigenvalue weighted by Gasteiger charge is -2.34. The maximum atomic E-state index is 11.3. The van der Waals surface area contributed by atoms with Gasteiger partial charge < -0.3 is 14.8 Å². The van der Waals surface area contributed by atoms with Gasteiger partial charge in [0.05, 0.1) is 6.54 Å². The number of nitrogens with one attached hydrogen (secondary N) is 1. The maximum absolute atomic E-state index is 11.3. The molecule has 0 unspecified atom stereocenters. The van der Waals surface area contributed by atoms with Crippen LogP contribution < -0.4 is 10.2 Å². The molecule has 0 saturated carbocycles. The minimum atomic E-state index is 0.0791. The molecular formula is C11H19N5O. The van der Waals surface area contributed by atoms with Gasteiger partial charge in [-0.3, -0.25) is 9.69 Å². The van der Waals surface area contributed by atoms with Crippen LogP contribution in [0.15, 0.2) is 12.4 Å². The van der Waals surface area contributed by atoms with E-state index in [0.717, 1.165) is 32.1 Å². The van der Waals surface area contributed by atoms with E-state index in [1.165, 1.54) is 0 Å². The van der Waals surface area contributed by atoms with Gasteiger partial charge in [0.1, 0.15) is 0 Å². The van der Waals surface area contributed by atoms with Crippen molar-refractivity contribution in [3.8, 4) is 0 Å². The fraction of sp³-hybridized carbons (Fsp3) is 0.636. The Morgan fingerprint density at radius 2 is 2.12 bits per heavy atom. The normalized spacial score (nSPS) is 17.2. The highest BCUT2D eigenvalue weighted by Gasteiger charge is 2.20. The first kappa shape index (κ1) is 11.9. The van der Waals surface area contributed by atoms with E-state index in [2.05, 4.69) is 20.1 Å². The smallest absolute Gasteiger partial charge is 0.233 e. The average molecular weight is 237 g/mol. The molecule has 0 spiro atoms. The summed E-state index contributed by atoms with van der Waals surface area (Å²) in [5.41, 5.74) is 0. The Labute approximate surface area is 101 Å². The highest BCUT2D eigenvalue weighted by molar-refractivity contribution is 5.77. The van der Waals surface area contributed by atoms with Gasteiger partial charge >= 0.3 is 0 Å². The second kappa shape index (κ2) is 5.18. The Kier molecular flexibility index (Phi) is 3.63. The Morgan fingerprint density at radius 1 is 1.41 bits per heavy atom. The zero-order valence-corrected chi connectivity index (χ0v) is 10.4. The highest BCUT2D eigenvalue weighted by atomic mass is 16.1. The molecule has 1 N–H and O–H groups in total. The van der Waals surface area contributed by atoms with E-state index < -0.39 is 0 Å². The topological polar surface area (TPSA) is 53.4 Å². The summed E-state index contributed by atoms with van der Waals surface area (Å²) >= 11 is 0. The van der Waals surface area contributed by atoms with Crippen molar-refractivity contribution >= 4 is 11.9 Å². The van der Waals surface area contributed by atoms with Gasteiger partial charge in [-0.05, 0) is 0 Å². The predicted octanol–water partition coefficient (Wildman–Crippen LogP) is -0.712. The summed E-state index contributed by atoms with van der Waals surface area (Å²) in [5, 5.41) is 2.65. The van der Waals surface area contributed by atoms with Gasteiger partial charge in [0, 0.05) is 52.7 Å². The van der Waals surface area contributed by atoms with Gasteiger partial charge in [0.25, 0.3) is 0 Å². The number of amides is 1. The number of carbonyl (C=O) groups excluding carboxylic acids is 1. The number of hydrogen-bond donors (Lipinski definition) is 1. The number of anilines is 1. The summed E-state index contributed by atoms with van der Waals surface area (Å²) < 4.78 is 2.02. The molecule has 2 rings (SSSR count). The zero-order chi connectivity index (χ0) is 12.3. The molecule has 94 valence electrons. The molecule has 1 amide bonds. The van der Waals surface area contributed by atoms with Crippen molar-refractivity contribution in [2.45, 2.75) is 0 Å². The molecule has 1 saturated heterocycles. The SMILES string of the molecule is CNC(=O)CN1CCN(c2nccn2C)CC1. The molecule has 0 atom stereocenters. The predicted molar refractivity (Wildman–Crippen MR) is 65.9 cm³/mol. The molecular weight excluding hydrogens is 218 g/mol. The molecule has 2 heterocycles. The maximum Gasteiger partial charge on any atom is 0.233 e. The molecule has 6 nitrogen and oxygen atoms in total. The van der Waals surface area contributed by atoms with Crippen molar-refractivity contribution in [2.75, 3.05) is 44.7 Å². The summed E-state index contributed by atoms with van der Waals surface area (Å²) in [5.74, 6) is 1.08. The van der Waals surface area contributed by atoms with Gasteiger partial charge in [-0.15, -0.1) is 0 Å². The van der Waals surface area contributed by atoms with Crippen molar-refractivity contribution in [3.05, 3.63) is 12.4 Å². The number of hydrogen-bond acceptors (Lipinski definition) is 4. The van der Waals surface area contributed by atoms with E-state index in [4.69, 9.17) is 0 Å². The zero-order valence-electron chi connectivity index (χ0n) is 10.4. The molecule has 0 aromatic carbocycles. The summed E-state index contributed by atoms with van der Waals surface area (Å²) in [6.45, 7) is 4.13. The van der Waals surface area contributed by atoms with Crippen LogP contribution in [-0.2, 0) is 11.8 Å². The van der Waals surface area contributed by atoms with Crippen LogP contribution in [0.3, 0.4) is 0 Å². The van der Waals surface area contributed by atoms with Crippen LogP contribution in [0.2, 0.25) is 0 Å². The fourth-order valence-electron chi connectivity index (χ4n) is 2.05. The second-order valence-corrected chi connectivity index (χ2v) is 4.27. The van der Waals surface area contributed by atoms with E-state index in [9.17, 15) is 4.79 Å². The standard InChI is InChI=1S/C11H19N5O/c1-12-10(17)9-15-5-7-16(8-6-15)11-13-3-4-14(11)2/h3-4H,5-9H2,1-2H3,(H,12,17). The van der Waals surface area contributed by atoms with Crippen molar-refractivity contribution in [1.29, 1.82) is 0 Å². The number of aromatic nitrogens is 2. The molecule has 1 aliphatic rings. The van der Waals surface area contributed by atoms with Gasteiger partial charge in [-0.1, -0.05) is 0 Å². The van der Waals surface area contributed by atoms with E-state index in [1.54, 1.807) is 7.05 Å². The minimum Gasteiger partial charge on any atom is -0.358 e. The van der Waals surface area contributed by atoms with Gasteiger partial charge in [0.2, 0.25) is 11.9 Å².